The van der Waals surface area contributed by atoms with Crippen molar-refractivity contribution in [2.75, 3.05) is 0 Å². The molecule has 0 fully saturated rings. The molecule has 0 rings (SSSR count). The molecule has 0 aliphatic rings. The number of hydrogen-bond acceptors (Lipinski definition) is 3. The molecule has 0 heterocycles. The molecular weight excluding hydrogens is 131 g/mol. The lowest BCUT2D eigenvalue weighted by Crippen LogP contribution is -2.15. The molecule has 0 bridgehead atoms. The summed E-state index contributed by atoms with van der Waals surface area (Å²) in [6.07, 6.45) is -0.992. The first-order chi connectivity index (χ1) is 3.68. The minimum atomic E-state index is -1.12. The number of carbonyl (C=O) groups is 1. The molecule has 8 heavy (non-hydrogen) atoms. The third-order valence-corrected chi connectivity index (χ3v) is 0.951. The van der Waals surface area contributed by atoms with E-state index in [-0.39, 0.29) is 0 Å². The molecule has 0 amide bonds. The lowest BCUT2D eigenvalue weighted by atomic mass is 10.4. The molecule has 0 aromatic carbocycles. The summed E-state index contributed by atoms with van der Waals surface area (Å²) in [7, 11) is -0.596. The zero-order valence-electron chi connectivity index (χ0n) is 4.20. The summed E-state index contributed by atoms with van der Waals surface area (Å²) >= 11 is 0. The summed E-state index contributed by atoms with van der Waals surface area (Å²) in [4.78, 5) is 9.82. The second kappa shape index (κ2) is 3.52. The normalized spacial score (nSPS) is 13.6. The number of aliphatic carboxylic acids is 1. The summed E-state index contributed by atoms with van der Waals surface area (Å²) in [5.41, 5.74) is 0. The highest BCUT2D eigenvalue weighted by molar-refractivity contribution is 7.17. The van der Waals surface area contributed by atoms with Crippen LogP contribution in [-0.2, 0) is 13.9 Å². The Hall–Kier alpha value is -0.470. The number of hydrogen-bond donors (Lipinski definition) is 1. The van der Waals surface area contributed by atoms with Gasteiger partial charge in [0, 0.05) is 0 Å². The van der Waals surface area contributed by atoms with E-state index in [1.807, 2.05) is 0 Å². The van der Waals surface area contributed by atoms with E-state index in [0.29, 0.717) is 0 Å². The van der Waals surface area contributed by atoms with Gasteiger partial charge >= 0.3 is 14.7 Å². The molecule has 1 unspecified atom stereocenters. The highest BCUT2D eigenvalue weighted by Crippen LogP contribution is 2.00. The fourth-order valence-electron chi connectivity index (χ4n) is 0.110. The fraction of sp³-hybridized carbons (Fsp3) is 0.667. The molecule has 0 aliphatic heterocycles. The van der Waals surface area contributed by atoms with Crippen LogP contribution in [0.15, 0.2) is 0 Å². The Morgan fingerprint density at radius 2 is 2.38 bits per heavy atom. The quantitative estimate of drug-likeness (QED) is 0.579. The second-order valence-electron chi connectivity index (χ2n) is 1.16. The fourth-order valence-corrected chi connectivity index (χ4v) is 0.329. The molecule has 0 saturated heterocycles. The van der Waals surface area contributed by atoms with Crippen molar-refractivity contribution in [2.24, 2.45) is 0 Å². The maximum Gasteiger partial charge on any atom is 0.333 e. The van der Waals surface area contributed by atoms with Gasteiger partial charge in [0.15, 0.2) is 6.10 Å². The Morgan fingerprint density at radius 3 is 2.50 bits per heavy atom. The van der Waals surface area contributed by atoms with Crippen molar-refractivity contribution in [2.45, 2.75) is 13.0 Å². The van der Waals surface area contributed by atoms with Gasteiger partial charge in [0.1, 0.15) is 0 Å². The zero-order chi connectivity index (χ0) is 6.57. The SMILES string of the molecule is CC(OP=O)C(=O)O. The maximum atomic E-state index is 9.82. The Kier molecular flexibility index (Phi) is 3.31. The standard InChI is InChI=1S/C3H5O4P/c1-2(3(4)5)7-8-6/h2H,1H3,(H,4,5). The zero-order valence-corrected chi connectivity index (χ0v) is 5.09. The van der Waals surface area contributed by atoms with Crippen molar-refractivity contribution >= 4 is 14.7 Å². The molecule has 0 aromatic heterocycles. The molecule has 4 nitrogen and oxygen atoms in total. The number of carboxylic acid groups (broad SMARTS) is 1. The van der Waals surface area contributed by atoms with Crippen molar-refractivity contribution in [3.05, 3.63) is 0 Å². The van der Waals surface area contributed by atoms with Crippen LogP contribution in [0, 0.1) is 0 Å². The largest absolute Gasteiger partial charge is 0.479 e. The van der Waals surface area contributed by atoms with Crippen LogP contribution in [0.3, 0.4) is 0 Å². The molecular formula is C3H5O4P. The van der Waals surface area contributed by atoms with Gasteiger partial charge < -0.3 is 5.11 Å². The Morgan fingerprint density at radius 1 is 1.88 bits per heavy atom. The van der Waals surface area contributed by atoms with Gasteiger partial charge in [0.25, 0.3) is 0 Å². The molecule has 0 aliphatic carbocycles. The minimum absolute atomic E-state index is 0.596. The van der Waals surface area contributed by atoms with Crippen molar-refractivity contribution in [3.63, 3.8) is 0 Å². The molecule has 0 aromatic rings. The molecule has 1 N–H and O–H groups in total. The summed E-state index contributed by atoms with van der Waals surface area (Å²) in [6.45, 7) is 1.30. The van der Waals surface area contributed by atoms with E-state index in [1.165, 1.54) is 6.92 Å². The third kappa shape index (κ3) is 2.66. The van der Waals surface area contributed by atoms with E-state index in [4.69, 9.17) is 5.11 Å². The van der Waals surface area contributed by atoms with Crippen LogP contribution >= 0.6 is 8.69 Å². The van der Waals surface area contributed by atoms with Gasteiger partial charge in [-0.3, -0.25) is 4.52 Å². The first-order valence-corrected chi connectivity index (χ1v) is 2.62. The lowest BCUT2D eigenvalue weighted by Gasteiger charge is -1.96. The van der Waals surface area contributed by atoms with Gasteiger partial charge in [-0.15, -0.1) is 0 Å². The average molecular weight is 136 g/mol. The van der Waals surface area contributed by atoms with Gasteiger partial charge in [-0.2, -0.15) is 0 Å². The highest BCUT2D eigenvalue weighted by atomic mass is 31.1. The van der Waals surface area contributed by atoms with E-state index >= 15 is 0 Å². The predicted octanol–water partition coefficient (Wildman–Crippen LogP) is 0.683. The summed E-state index contributed by atoms with van der Waals surface area (Å²) in [5.74, 6) is -1.12. The Bertz CT molecular complexity index is 101. The molecule has 5 heteroatoms. The summed E-state index contributed by atoms with van der Waals surface area (Å²) in [5, 5.41) is 8.04. The number of carboxylic acids is 1. The molecule has 0 spiro atoms. The summed E-state index contributed by atoms with van der Waals surface area (Å²) in [6, 6.07) is 0. The molecule has 0 saturated carbocycles. The Labute approximate surface area is 47.7 Å². The van der Waals surface area contributed by atoms with E-state index < -0.39 is 20.8 Å². The van der Waals surface area contributed by atoms with Gasteiger partial charge in [-0.1, -0.05) is 0 Å². The van der Waals surface area contributed by atoms with Crippen LogP contribution in [-0.4, -0.2) is 17.2 Å². The lowest BCUT2D eigenvalue weighted by molar-refractivity contribution is -0.143. The van der Waals surface area contributed by atoms with Crippen LogP contribution in [0.1, 0.15) is 6.92 Å². The van der Waals surface area contributed by atoms with Crippen molar-refractivity contribution in [1.82, 2.24) is 0 Å². The molecule has 1 atom stereocenters. The van der Waals surface area contributed by atoms with E-state index in [0.717, 1.165) is 0 Å². The van der Waals surface area contributed by atoms with Crippen LogP contribution in [0.4, 0.5) is 0 Å². The maximum absolute atomic E-state index is 9.82. The van der Waals surface area contributed by atoms with Gasteiger partial charge in [-0.05, 0) is 6.92 Å². The van der Waals surface area contributed by atoms with Crippen LogP contribution in [0.2, 0.25) is 0 Å². The van der Waals surface area contributed by atoms with E-state index in [2.05, 4.69) is 4.52 Å². The topological polar surface area (TPSA) is 63.6 Å². The van der Waals surface area contributed by atoms with Crippen molar-refractivity contribution in [3.8, 4) is 0 Å². The predicted molar refractivity (Wildman–Crippen MR) is 25.8 cm³/mol. The van der Waals surface area contributed by atoms with Crippen molar-refractivity contribution < 1.29 is 19.0 Å². The first kappa shape index (κ1) is 7.53. The van der Waals surface area contributed by atoms with E-state index in [9.17, 15) is 9.36 Å². The molecule has 0 radical (unpaired) electrons. The monoisotopic (exact) mass is 136 g/mol. The number of rotatable bonds is 3. The van der Waals surface area contributed by atoms with Gasteiger partial charge in [0.2, 0.25) is 0 Å². The second-order valence-corrected chi connectivity index (χ2v) is 1.52. The summed E-state index contributed by atoms with van der Waals surface area (Å²) < 4.78 is 13.7. The van der Waals surface area contributed by atoms with Gasteiger partial charge in [-0.25, -0.2) is 9.36 Å². The van der Waals surface area contributed by atoms with Crippen LogP contribution in [0.25, 0.3) is 0 Å². The van der Waals surface area contributed by atoms with Gasteiger partial charge in [0.05, 0.1) is 0 Å². The van der Waals surface area contributed by atoms with Crippen LogP contribution < -0.4 is 0 Å². The first-order valence-electron chi connectivity index (χ1n) is 1.89. The third-order valence-electron chi connectivity index (χ3n) is 0.549. The minimum Gasteiger partial charge on any atom is -0.479 e. The van der Waals surface area contributed by atoms with E-state index in [1.54, 1.807) is 0 Å². The smallest absolute Gasteiger partial charge is 0.333 e. The van der Waals surface area contributed by atoms with Crippen LogP contribution in [0.5, 0.6) is 0 Å². The molecule has 46 valence electrons. The average Bonchev–Trinajstić information content (AvgIpc) is 1.67. The highest BCUT2D eigenvalue weighted by Gasteiger charge is 2.09. The van der Waals surface area contributed by atoms with Crippen molar-refractivity contribution in [1.29, 1.82) is 0 Å². The Balaban J connectivity index is 3.46.